The average molecular weight is 285 g/mol. The van der Waals surface area contributed by atoms with Gasteiger partial charge in [-0.2, -0.15) is 5.10 Å². The smallest absolute Gasteiger partial charge is 0.0522 e. The van der Waals surface area contributed by atoms with Crippen molar-refractivity contribution >= 4 is 0 Å². The van der Waals surface area contributed by atoms with Gasteiger partial charge >= 0.3 is 0 Å². The van der Waals surface area contributed by atoms with Gasteiger partial charge in [0.15, 0.2) is 0 Å². The number of H-pyrrole nitrogens is 1. The highest BCUT2D eigenvalue weighted by Crippen LogP contribution is 2.21. The third-order valence-electron chi connectivity index (χ3n) is 3.86. The zero-order chi connectivity index (χ0) is 15.1. The Labute approximate surface area is 128 Å². The van der Waals surface area contributed by atoms with Crippen LogP contribution >= 0.6 is 0 Å². The Morgan fingerprint density at radius 2 is 1.95 bits per heavy atom. The molecule has 0 amide bonds. The van der Waals surface area contributed by atoms with E-state index >= 15 is 0 Å². The number of nitrogens with one attached hydrogen (secondary N) is 2. The summed E-state index contributed by atoms with van der Waals surface area (Å²) in [5.74, 6) is 0.693. The fourth-order valence-electron chi connectivity index (χ4n) is 2.68. The molecule has 1 aromatic heterocycles. The van der Waals surface area contributed by atoms with Crippen molar-refractivity contribution in [2.45, 2.75) is 46.1 Å². The summed E-state index contributed by atoms with van der Waals surface area (Å²) in [5, 5.41) is 10.8. The fourth-order valence-corrected chi connectivity index (χ4v) is 2.68. The lowest BCUT2D eigenvalue weighted by Gasteiger charge is -2.21. The molecule has 1 atom stereocenters. The quantitative estimate of drug-likeness (QED) is 0.719. The van der Waals surface area contributed by atoms with Gasteiger partial charge in [0.25, 0.3) is 0 Å². The maximum absolute atomic E-state index is 4.08. The van der Waals surface area contributed by atoms with Crippen molar-refractivity contribution in [1.82, 2.24) is 15.5 Å². The molecule has 0 radical (unpaired) electrons. The van der Waals surface area contributed by atoms with Crippen LogP contribution in [0.25, 0.3) is 0 Å². The van der Waals surface area contributed by atoms with Gasteiger partial charge in [0.2, 0.25) is 0 Å². The van der Waals surface area contributed by atoms with E-state index in [4.69, 9.17) is 0 Å². The highest BCUT2D eigenvalue weighted by Gasteiger charge is 2.12. The summed E-state index contributed by atoms with van der Waals surface area (Å²) in [7, 11) is 0. The molecule has 2 N–H and O–H groups in total. The van der Waals surface area contributed by atoms with Crippen LogP contribution in [0.2, 0.25) is 0 Å². The van der Waals surface area contributed by atoms with Crippen molar-refractivity contribution < 1.29 is 0 Å². The van der Waals surface area contributed by atoms with Gasteiger partial charge in [-0.3, -0.25) is 5.10 Å². The lowest BCUT2D eigenvalue weighted by Crippen LogP contribution is -2.24. The summed E-state index contributed by atoms with van der Waals surface area (Å²) in [4.78, 5) is 0. The van der Waals surface area contributed by atoms with Crippen molar-refractivity contribution in [2.24, 2.45) is 5.92 Å². The summed E-state index contributed by atoms with van der Waals surface area (Å²) in [5.41, 5.74) is 3.92. The Bertz CT molecular complexity index is 516. The standard InChI is InChI=1S/C18H27N3/c1-14(2)12-18(16-8-5-4-6-9-16)19-11-7-10-17-13-20-21-15(17)3/h4-6,8-9,13-14,18-19H,7,10-12H2,1-3H3,(H,20,21). The van der Waals surface area contributed by atoms with Crippen LogP contribution in [0.3, 0.4) is 0 Å². The first-order valence-electron chi connectivity index (χ1n) is 7.94. The van der Waals surface area contributed by atoms with E-state index in [1.54, 1.807) is 0 Å². The van der Waals surface area contributed by atoms with Gasteiger partial charge < -0.3 is 5.32 Å². The number of hydrogen-bond donors (Lipinski definition) is 2. The molecule has 21 heavy (non-hydrogen) atoms. The van der Waals surface area contributed by atoms with Crippen LogP contribution in [0.15, 0.2) is 36.5 Å². The number of aromatic nitrogens is 2. The van der Waals surface area contributed by atoms with E-state index in [9.17, 15) is 0 Å². The minimum absolute atomic E-state index is 0.455. The topological polar surface area (TPSA) is 40.7 Å². The Morgan fingerprint density at radius 3 is 2.57 bits per heavy atom. The van der Waals surface area contributed by atoms with Crippen LogP contribution < -0.4 is 5.32 Å². The molecule has 0 saturated carbocycles. The molecule has 0 spiro atoms. The molecular formula is C18H27N3. The van der Waals surface area contributed by atoms with E-state index in [0.29, 0.717) is 12.0 Å². The monoisotopic (exact) mass is 285 g/mol. The van der Waals surface area contributed by atoms with Gasteiger partial charge in [-0.05, 0) is 49.8 Å². The van der Waals surface area contributed by atoms with Crippen LogP contribution in [-0.2, 0) is 6.42 Å². The van der Waals surface area contributed by atoms with E-state index in [0.717, 1.165) is 19.4 Å². The number of benzene rings is 1. The molecule has 3 nitrogen and oxygen atoms in total. The zero-order valence-electron chi connectivity index (χ0n) is 13.4. The molecule has 0 aliphatic carbocycles. The molecule has 0 saturated heterocycles. The minimum atomic E-state index is 0.455. The van der Waals surface area contributed by atoms with E-state index < -0.39 is 0 Å². The average Bonchev–Trinajstić information content (AvgIpc) is 2.88. The predicted molar refractivity (Wildman–Crippen MR) is 88.3 cm³/mol. The Morgan fingerprint density at radius 1 is 1.19 bits per heavy atom. The lowest BCUT2D eigenvalue weighted by molar-refractivity contribution is 0.427. The first-order valence-corrected chi connectivity index (χ1v) is 7.94. The second-order valence-corrected chi connectivity index (χ2v) is 6.17. The second-order valence-electron chi connectivity index (χ2n) is 6.17. The van der Waals surface area contributed by atoms with E-state index in [1.165, 1.54) is 23.2 Å². The van der Waals surface area contributed by atoms with Crippen LogP contribution in [-0.4, -0.2) is 16.7 Å². The molecule has 1 aromatic carbocycles. The SMILES string of the molecule is Cc1[nH]ncc1CCCNC(CC(C)C)c1ccccc1. The van der Waals surface area contributed by atoms with Crippen molar-refractivity contribution in [3.63, 3.8) is 0 Å². The number of aryl methyl sites for hydroxylation is 2. The van der Waals surface area contributed by atoms with Crippen LogP contribution in [0.4, 0.5) is 0 Å². The van der Waals surface area contributed by atoms with E-state index in [1.807, 2.05) is 6.20 Å². The van der Waals surface area contributed by atoms with Gasteiger partial charge in [0.05, 0.1) is 6.20 Å². The van der Waals surface area contributed by atoms with Gasteiger partial charge in [-0.15, -0.1) is 0 Å². The number of aromatic amines is 1. The maximum atomic E-state index is 4.08. The van der Waals surface area contributed by atoms with Gasteiger partial charge in [0.1, 0.15) is 0 Å². The minimum Gasteiger partial charge on any atom is -0.310 e. The normalized spacial score (nSPS) is 12.8. The Hall–Kier alpha value is -1.61. The van der Waals surface area contributed by atoms with Crippen molar-refractivity contribution in [1.29, 1.82) is 0 Å². The van der Waals surface area contributed by atoms with Gasteiger partial charge in [-0.25, -0.2) is 0 Å². The molecule has 0 bridgehead atoms. The predicted octanol–water partition coefficient (Wildman–Crippen LogP) is 4.03. The van der Waals surface area contributed by atoms with Crippen molar-refractivity contribution in [3.05, 3.63) is 53.3 Å². The van der Waals surface area contributed by atoms with Crippen LogP contribution in [0.5, 0.6) is 0 Å². The molecule has 0 aliphatic heterocycles. The summed E-state index contributed by atoms with van der Waals surface area (Å²) in [6.45, 7) is 7.69. The third-order valence-corrected chi connectivity index (χ3v) is 3.86. The molecule has 0 fully saturated rings. The second kappa shape index (κ2) is 7.99. The van der Waals surface area contributed by atoms with Gasteiger partial charge in [-0.1, -0.05) is 44.2 Å². The Balaban J connectivity index is 1.83. The molecule has 3 heteroatoms. The molecule has 1 unspecified atom stereocenters. The molecule has 1 heterocycles. The van der Waals surface area contributed by atoms with Gasteiger partial charge in [0, 0.05) is 11.7 Å². The fraction of sp³-hybridized carbons (Fsp3) is 0.500. The summed E-state index contributed by atoms with van der Waals surface area (Å²) in [6, 6.07) is 11.2. The molecule has 114 valence electrons. The van der Waals surface area contributed by atoms with E-state index in [-0.39, 0.29) is 0 Å². The summed E-state index contributed by atoms with van der Waals surface area (Å²) < 4.78 is 0. The lowest BCUT2D eigenvalue weighted by atomic mass is 9.97. The highest BCUT2D eigenvalue weighted by molar-refractivity contribution is 5.19. The molecular weight excluding hydrogens is 258 g/mol. The molecule has 2 aromatic rings. The summed E-state index contributed by atoms with van der Waals surface area (Å²) >= 11 is 0. The molecule has 2 rings (SSSR count). The number of nitrogens with zero attached hydrogens (tertiary/aromatic N) is 1. The van der Waals surface area contributed by atoms with Crippen LogP contribution in [0, 0.1) is 12.8 Å². The maximum Gasteiger partial charge on any atom is 0.0522 e. The molecule has 0 aliphatic rings. The number of hydrogen-bond acceptors (Lipinski definition) is 2. The Kier molecular flexibility index (Phi) is 6.00. The first-order chi connectivity index (χ1) is 10.2. The van der Waals surface area contributed by atoms with Crippen LogP contribution in [0.1, 0.15) is 49.6 Å². The van der Waals surface area contributed by atoms with Crippen molar-refractivity contribution in [2.75, 3.05) is 6.54 Å². The largest absolute Gasteiger partial charge is 0.310 e. The zero-order valence-corrected chi connectivity index (χ0v) is 13.4. The van der Waals surface area contributed by atoms with E-state index in [2.05, 4.69) is 66.6 Å². The highest BCUT2D eigenvalue weighted by atomic mass is 15.1. The van der Waals surface area contributed by atoms with Crippen molar-refractivity contribution in [3.8, 4) is 0 Å². The first kappa shape index (κ1) is 15.8. The summed E-state index contributed by atoms with van der Waals surface area (Å²) in [6.07, 6.45) is 5.34. The third kappa shape index (κ3) is 5.01. The number of rotatable bonds is 8.